The van der Waals surface area contributed by atoms with E-state index < -0.39 is 6.04 Å². The lowest BCUT2D eigenvalue weighted by atomic mass is 9.94. The number of fused-ring (bicyclic) bond motifs is 1. The Morgan fingerprint density at radius 1 is 0.979 bits per heavy atom. The van der Waals surface area contributed by atoms with E-state index >= 15 is 0 Å². The monoisotopic (exact) mass is 685 g/mol. The summed E-state index contributed by atoms with van der Waals surface area (Å²) in [5.74, 6) is 1.96. The maximum atomic E-state index is 14.1. The topological polar surface area (TPSA) is 90.3 Å². The van der Waals surface area contributed by atoms with Crippen LogP contribution in [0.4, 0.5) is 11.6 Å². The van der Waals surface area contributed by atoms with Gasteiger partial charge in [0, 0.05) is 27.2 Å². The maximum absolute atomic E-state index is 14.1. The minimum atomic E-state index is -0.613. The zero-order valence-corrected chi connectivity index (χ0v) is 28.6. The fourth-order valence-corrected chi connectivity index (χ4v) is 6.58. The number of benzene rings is 4. The number of thioether (sulfide) groups is 1. The van der Waals surface area contributed by atoms with E-state index in [0.29, 0.717) is 56.3 Å². The first kappa shape index (κ1) is 32.5. The van der Waals surface area contributed by atoms with Crippen molar-refractivity contribution in [1.29, 1.82) is 0 Å². The lowest BCUT2D eigenvalue weighted by Gasteiger charge is -2.29. The number of aryl methyl sites for hydroxylation is 1. The van der Waals surface area contributed by atoms with Crippen molar-refractivity contribution in [2.75, 3.05) is 17.7 Å². The third-order valence-corrected chi connectivity index (χ3v) is 9.56. The van der Waals surface area contributed by atoms with E-state index in [9.17, 15) is 4.79 Å². The van der Waals surface area contributed by atoms with Crippen LogP contribution in [0.1, 0.15) is 40.8 Å². The summed E-state index contributed by atoms with van der Waals surface area (Å²) in [4.78, 5) is 18.9. The van der Waals surface area contributed by atoms with Crippen LogP contribution in [0.25, 0.3) is 0 Å². The summed E-state index contributed by atoms with van der Waals surface area (Å²) in [6, 6.07) is 26.1. The Labute approximate surface area is 288 Å². The van der Waals surface area contributed by atoms with Gasteiger partial charge >= 0.3 is 0 Å². The zero-order chi connectivity index (χ0) is 33.1. The Kier molecular flexibility index (Phi) is 9.77. The van der Waals surface area contributed by atoms with Crippen LogP contribution in [0.2, 0.25) is 10.0 Å². The van der Waals surface area contributed by atoms with Gasteiger partial charge in [-0.15, -0.1) is 5.10 Å². The largest absolute Gasteiger partial charge is 0.493 e. The summed E-state index contributed by atoms with van der Waals surface area (Å²) < 4.78 is 13.7. The number of aromatic nitrogens is 3. The molecule has 1 amide bonds. The van der Waals surface area contributed by atoms with Crippen molar-refractivity contribution in [2.24, 2.45) is 0 Å². The first-order valence-electron chi connectivity index (χ1n) is 14.9. The third kappa shape index (κ3) is 7.12. The molecule has 0 fully saturated rings. The first-order chi connectivity index (χ1) is 22.7. The second-order valence-corrected chi connectivity index (χ2v) is 12.9. The standard InChI is InChI=1S/C36H33Cl2N5O3S/c1-21-8-7-11-29(22(21)2)40-34(44)32-23(3)39-35-41-36(47-20-26-9-5-6-10-28(26)38)42-43(35)33(32)25-14-17-30(31(18-25)45-4)46-19-24-12-15-27(37)16-13-24/h5-18,33H,19-20H2,1-4H3,(H,40,44)(H,39,41,42). The quantitative estimate of drug-likeness (QED) is 0.142. The minimum Gasteiger partial charge on any atom is -0.493 e. The van der Waals surface area contributed by atoms with Gasteiger partial charge < -0.3 is 20.1 Å². The fourth-order valence-electron chi connectivity index (χ4n) is 5.34. The normalized spacial score (nSPS) is 14.0. The van der Waals surface area contributed by atoms with Gasteiger partial charge in [0.05, 0.1) is 12.7 Å². The van der Waals surface area contributed by atoms with E-state index in [1.165, 1.54) is 11.8 Å². The van der Waals surface area contributed by atoms with E-state index in [1.807, 2.05) is 106 Å². The van der Waals surface area contributed by atoms with E-state index in [1.54, 1.807) is 11.8 Å². The van der Waals surface area contributed by atoms with Gasteiger partial charge in [0.25, 0.3) is 5.91 Å². The molecule has 0 radical (unpaired) electrons. The number of nitrogens with zero attached hydrogens (tertiary/aromatic N) is 3. The van der Waals surface area contributed by atoms with Gasteiger partial charge in [-0.05, 0) is 85.0 Å². The van der Waals surface area contributed by atoms with Crippen molar-refractivity contribution in [3.05, 3.63) is 134 Å². The number of anilines is 2. The number of ether oxygens (including phenoxy) is 2. The van der Waals surface area contributed by atoms with Crippen LogP contribution in [0.3, 0.4) is 0 Å². The molecule has 0 aliphatic carbocycles. The Morgan fingerprint density at radius 3 is 2.53 bits per heavy atom. The number of nitrogens with one attached hydrogen (secondary N) is 2. The molecule has 1 unspecified atom stereocenters. The number of methoxy groups -OCH3 is 1. The molecule has 2 heterocycles. The number of carbonyl (C=O) groups is 1. The molecule has 0 saturated heterocycles. The number of hydrogen-bond donors (Lipinski definition) is 2. The van der Waals surface area contributed by atoms with Crippen molar-refractivity contribution in [2.45, 2.75) is 44.3 Å². The van der Waals surface area contributed by atoms with Crippen LogP contribution in [-0.4, -0.2) is 27.8 Å². The van der Waals surface area contributed by atoms with Gasteiger partial charge in [-0.2, -0.15) is 4.98 Å². The molecule has 0 bridgehead atoms. The van der Waals surface area contributed by atoms with Crippen LogP contribution in [-0.2, 0) is 17.2 Å². The molecule has 1 atom stereocenters. The average molecular weight is 687 g/mol. The zero-order valence-electron chi connectivity index (χ0n) is 26.3. The molecule has 5 aromatic rings. The number of allylic oxidation sites excluding steroid dienone is 1. The number of halogens is 2. The molecule has 8 nitrogen and oxygen atoms in total. The van der Waals surface area contributed by atoms with Crippen molar-refractivity contribution in [1.82, 2.24) is 14.8 Å². The molecule has 2 N–H and O–H groups in total. The summed E-state index contributed by atoms with van der Waals surface area (Å²) >= 11 is 13.9. The van der Waals surface area contributed by atoms with Gasteiger partial charge in [0.15, 0.2) is 11.5 Å². The lowest BCUT2D eigenvalue weighted by Crippen LogP contribution is -2.31. The van der Waals surface area contributed by atoms with E-state index in [4.69, 9.17) is 42.8 Å². The third-order valence-electron chi connectivity index (χ3n) is 8.06. The number of carbonyl (C=O) groups excluding carboxylic acids is 1. The molecule has 0 saturated carbocycles. The molecule has 4 aromatic carbocycles. The summed E-state index contributed by atoms with van der Waals surface area (Å²) in [6.45, 7) is 6.23. The van der Waals surface area contributed by atoms with E-state index in [2.05, 4.69) is 10.6 Å². The minimum absolute atomic E-state index is 0.248. The molecule has 0 spiro atoms. The predicted octanol–water partition coefficient (Wildman–Crippen LogP) is 9.01. The van der Waals surface area contributed by atoms with Crippen molar-refractivity contribution < 1.29 is 14.3 Å². The molecule has 1 aliphatic rings. The van der Waals surface area contributed by atoms with Crippen LogP contribution >= 0.6 is 35.0 Å². The predicted molar refractivity (Wildman–Crippen MR) is 189 cm³/mol. The van der Waals surface area contributed by atoms with Gasteiger partial charge in [0.2, 0.25) is 11.1 Å². The van der Waals surface area contributed by atoms with Crippen LogP contribution in [0.15, 0.2) is 101 Å². The smallest absolute Gasteiger partial charge is 0.255 e. The van der Waals surface area contributed by atoms with E-state index in [-0.39, 0.29) is 5.91 Å². The SMILES string of the molecule is COc1cc(C2C(C(=O)Nc3cccc(C)c3C)=C(C)Nc3nc(SCc4ccccc4Cl)nn32)ccc1OCc1ccc(Cl)cc1. The average Bonchev–Trinajstić information content (AvgIpc) is 3.47. The van der Waals surface area contributed by atoms with Crippen molar-refractivity contribution in [3.8, 4) is 11.5 Å². The summed E-state index contributed by atoms with van der Waals surface area (Å²) in [7, 11) is 1.59. The highest BCUT2D eigenvalue weighted by Crippen LogP contribution is 2.40. The molecule has 1 aromatic heterocycles. The number of rotatable bonds is 10. The fraction of sp³-hybridized carbons (Fsp3) is 0.194. The highest BCUT2D eigenvalue weighted by Gasteiger charge is 2.35. The van der Waals surface area contributed by atoms with Crippen molar-refractivity contribution >= 4 is 52.5 Å². The molecular weight excluding hydrogens is 653 g/mol. The summed E-state index contributed by atoms with van der Waals surface area (Å²) in [5.41, 5.74) is 6.74. The Balaban J connectivity index is 1.35. The molecule has 1 aliphatic heterocycles. The van der Waals surface area contributed by atoms with Crippen LogP contribution in [0.5, 0.6) is 11.5 Å². The van der Waals surface area contributed by atoms with Gasteiger partial charge in [-0.3, -0.25) is 4.79 Å². The van der Waals surface area contributed by atoms with Gasteiger partial charge in [-0.1, -0.05) is 83.5 Å². The summed E-state index contributed by atoms with van der Waals surface area (Å²) in [5, 5.41) is 13.2. The Morgan fingerprint density at radius 2 is 1.77 bits per heavy atom. The molecule has 11 heteroatoms. The lowest BCUT2D eigenvalue weighted by molar-refractivity contribution is -0.113. The number of amides is 1. The Hall–Kier alpha value is -4.44. The highest BCUT2D eigenvalue weighted by molar-refractivity contribution is 7.98. The first-order valence-corrected chi connectivity index (χ1v) is 16.7. The maximum Gasteiger partial charge on any atom is 0.255 e. The second-order valence-electron chi connectivity index (χ2n) is 11.1. The van der Waals surface area contributed by atoms with Crippen LogP contribution in [0, 0.1) is 13.8 Å². The molecule has 6 rings (SSSR count). The molecular formula is C36H33Cl2N5O3S. The number of hydrogen-bond acceptors (Lipinski definition) is 7. The second kappa shape index (κ2) is 14.1. The highest BCUT2D eigenvalue weighted by atomic mass is 35.5. The van der Waals surface area contributed by atoms with Gasteiger partial charge in [-0.25, -0.2) is 4.68 Å². The van der Waals surface area contributed by atoms with Gasteiger partial charge in [0.1, 0.15) is 12.6 Å². The molecule has 240 valence electrons. The molecule has 47 heavy (non-hydrogen) atoms. The van der Waals surface area contributed by atoms with Crippen molar-refractivity contribution in [3.63, 3.8) is 0 Å². The Bertz CT molecular complexity index is 1980. The summed E-state index contributed by atoms with van der Waals surface area (Å²) in [6.07, 6.45) is 0. The van der Waals surface area contributed by atoms with Crippen LogP contribution < -0.4 is 20.1 Å². The van der Waals surface area contributed by atoms with E-state index in [0.717, 1.165) is 33.5 Å².